The molecule has 8 nitrogen and oxygen atoms in total. The molecular weight excluding hydrogens is 548 g/mol. The lowest BCUT2D eigenvalue weighted by molar-refractivity contribution is -0.137. The van der Waals surface area contributed by atoms with Gasteiger partial charge < -0.3 is 5.32 Å². The van der Waals surface area contributed by atoms with E-state index in [0.717, 1.165) is 23.1 Å². The van der Waals surface area contributed by atoms with Gasteiger partial charge in [-0.2, -0.15) is 49.6 Å². The standard InChI is InChI=1S/C18H12ClF6N5O3S.H2S/c1-9(29-16(31)10-4-11(17(20,21)22)6-12(19)5-10)15-27-8-28-30(15)14-3-2-13(7-26-14)34(32,33)18(23,24)25;/h2-9H,1H3,(H,29,31);1H2/t9-;/m0./s1. The monoisotopic (exact) mass is 561 g/mol. The second kappa shape index (κ2) is 10.0. The molecule has 35 heavy (non-hydrogen) atoms. The predicted octanol–water partition coefficient (Wildman–Crippen LogP) is 4.23. The normalized spacial score (nSPS) is 13.1. The smallest absolute Gasteiger partial charge is 0.342 e. The second-order valence-corrected chi connectivity index (χ2v) is 9.13. The molecule has 2 aromatic heterocycles. The summed E-state index contributed by atoms with van der Waals surface area (Å²) in [6.07, 6.45) is -3.22. The first-order valence-corrected chi connectivity index (χ1v) is 10.8. The molecule has 1 N–H and O–H groups in total. The van der Waals surface area contributed by atoms with Gasteiger partial charge in [-0.3, -0.25) is 4.79 Å². The molecule has 2 heterocycles. The molecule has 0 unspecified atom stereocenters. The minimum atomic E-state index is -5.61. The van der Waals surface area contributed by atoms with Crippen LogP contribution >= 0.6 is 25.1 Å². The molecule has 0 aliphatic carbocycles. The van der Waals surface area contributed by atoms with Crippen molar-refractivity contribution in [1.82, 2.24) is 25.1 Å². The summed E-state index contributed by atoms with van der Waals surface area (Å²) in [5.74, 6) is -1.04. The summed E-state index contributed by atoms with van der Waals surface area (Å²) >= 11 is 5.69. The van der Waals surface area contributed by atoms with E-state index in [1.54, 1.807) is 0 Å². The highest BCUT2D eigenvalue weighted by atomic mass is 35.5. The Morgan fingerprint density at radius 3 is 2.29 bits per heavy atom. The summed E-state index contributed by atoms with van der Waals surface area (Å²) in [5, 5.41) is 5.94. The Morgan fingerprint density at radius 2 is 1.74 bits per heavy atom. The van der Waals surface area contributed by atoms with E-state index in [1.807, 2.05) is 0 Å². The van der Waals surface area contributed by atoms with Gasteiger partial charge in [0.05, 0.1) is 16.5 Å². The zero-order valence-electron chi connectivity index (χ0n) is 17.2. The summed E-state index contributed by atoms with van der Waals surface area (Å²) < 4.78 is 101. The maximum Gasteiger partial charge on any atom is 0.501 e. The first-order chi connectivity index (χ1) is 15.6. The molecule has 1 aromatic carbocycles. The van der Waals surface area contributed by atoms with Crippen molar-refractivity contribution in [3.63, 3.8) is 0 Å². The largest absolute Gasteiger partial charge is 0.501 e. The topological polar surface area (TPSA) is 107 Å². The van der Waals surface area contributed by atoms with E-state index in [9.17, 15) is 39.6 Å². The Morgan fingerprint density at radius 1 is 1.09 bits per heavy atom. The number of halogens is 7. The van der Waals surface area contributed by atoms with E-state index < -0.39 is 43.9 Å². The van der Waals surface area contributed by atoms with Crippen molar-refractivity contribution in [3.8, 4) is 5.82 Å². The van der Waals surface area contributed by atoms with Crippen LogP contribution < -0.4 is 5.32 Å². The SMILES string of the molecule is C[C@H](NC(=O)c1cc(Cl)cc(C(F)(F)F)c1)c1ncnn1-c1ccc(S(=O)(=O)C(F)(F)F)cn1.S. The van der Waals surface area contributed by atoms with Gasteiger partial charge in [-0.25, -0.2) is 18.4 Å². The van der Waals surface area contributed by atoms with Crippen molar-refractivity contribution in [2.24, 2.45) is 0 Å². The summed E-state index contributed by atoms with van der Waals surface area (Å²) in [5.41, 5.74) is -7.02. The summed E-state index contributed by atoms with van der Waals surface area (Å²) in [6, 6.07) is 2.95. The van der Waals surface area contributed by atoms with Crippen LogP contribution in [0.5, 0.6) is 0 Å². The van der Waals surface area contributed by atoms with Gasteiger partial charge in [-0.1, -0.05) is 11.6 Å². The van der Waals surface area contributed by atoms with Crippen LogP contribution in [-0.2, 0) is 16.0 Å². The Bertz CT molecular complexity index is 1330. The minimum absolute atomic E-state index is 0. The molecule has 1 amide bonds. The Balaban J connectivity index is 0.00000432. The molecule has 0 saturated carbocycles. The number of amides is 1. The van der Waals surface area contributed by atoms with Crippen LogP contribution in [-0.4, -0.2) is 39.6 Å². The molecule has 17 heteroatoms. The molecular formula is C18H14ClF6N5O3S2. The number of carbonyl (C=O) groups is 1. The van der Waals surface area contributed by atoms with Crippen molar-refractivity contribution in [2.75, 3.05) is 0 Å². The number of carbonyl (C=O) groups excluding carboxylic acids is 1. The van der Waals surface area contributed by atoms with Crippen molar-refractivity contribution in [3.05, 3.63) is 64.8 Å². The third kappa shape index (κ3) is 6.05. The van der Waals surface area contributed by atoms with Crippen molar-refractivity contribution in [2.45, 2.75) is 29.5 Å². The Labute approximate surface area is 205 Å². The fourth-order valence-electron chi connectivity index (χ4n) is 2.74. The van der Waals surface area contributed by atoms with E-state index in [2.05, 4.69) is 20.4 Å². The quantitative estimate of drug-likeness (QED) is 0.467. The zero-order chi connectivity index (χ0) is 25.5. The van der Waals surface area contributed by atoms with Gasteiger partial charge in [0.1, 0.15) is 6.33 Å². The van der Waals surface area contributed by atoms with E-state index in [-0.39, 0.29) is 35.7 Å². The third-order valence-electron chi connectivity index (χ3n) is 4.35. The highest BCUT2D eigenvalue weighted by Crippen LogP contribution is 2.32. The molecule has 3 aromatic rings. The van der Waals surface area contributed by atoms with Crippen LogP contribution in [0, 0.1) is 0 Å². The van der Waals surface area contributed by atoms with Crippen molar-refractivity contribution < 1.29 is 39.6 Å². The number of aromatic nitrogens is 4. The number of alkyl halides is 6. The predicted molar refractivity (Wildman–Crippen MR) is 115 cm³/mol. The highest BCUT2D eigenvalue weighted by Gasteiger charge is 2.47. The summed E-state index contributed by atoms with van der Waals surface area (Å²) in [7, 11) is -5.61. The molecule has 1 atom stereocenters. The number of hydrogen-bond donors (Lipinski definition) is 1. The van der Waals surface area contributed by atoms with Gasteiger partial charge in [0.25, 0.3) is 15.7 Å². The first kappa shape index (κ1) is 28.4. The molecule has 190 valence electrons. The highest BCUT2D eigenvalue weighted by molar-refractivity contribution is 7.92. The maximum atomic E-state index is 13.0. The number of nitrogens with zero attached hydrogens (tertiary/aromatic N) is 4. The van der Waals surface area contributed by atoms with Crippen LogP contribution in [0.2, 0.25) is 5.02 Å². The summed E-state index contributed by atoms with van der Waals surface area (Å²) in [6.45, 7) is 1.41. The van der Waals surface area contributed by atoms with Gasteiger partial charge in [0.15, 0.2) is 11.6 Å². The Kier molecular flexibility index (Phi) is 8.13. The maximum absolute atomic E-state index is 13.0. The van der Waals surface area contributed by atoms with E-state index in [1.165, 1.54) is 6.92 Å². The van der Waals surface area contributed by atoms with E-state index >= 15 is 0 Å². The molecule has 0 radical (unpaired) electrons. The number of pyridine rings is 1. The Hall–Kier alpha value is -2.85. The lowest BCUT2D eigenvalue weighted by Gasteiger charge is -2.15. The fraction of sp³-hybridized carbons (Fsp3) is 0.222. The van der Waals surface area contributed by atoms with Crippen LogP contribution in [0.15, 0.2) is 47.8 Å². The molecule has 3 rings (SSSR count). The van der Waals surface area contributed by atoms with Gasteiger partial charge in [0.2, 0.25) is 0 Å². The van der Waals surface area contributed by atoms with Gasteiger partial charge >= 0.3 is 11.7 Å². The molecule has 0 fully saturated rings. The van der Waals surface area contributed by atoms with Crippen molar-refractivity contribution >= 4 is 40.8 Å². The molecule has 0 saturated heterocycles. The number of nitrogens with one attached hydrogen (secondary N) is 1. The van der Waals surface area contributed by atoms with E-state index in [0.29, 0.717) is 24.4 Å². The molecule has 0 bridgehead atoms. The zero-order valence-corrected chi connectivity index (χ0v) is 19.8. The minimum Gasteiger partial charge on any atom is -0.342 e. The van der Waals surface area contributed by atoms with Gasteiger partial charge in [-0.05, 0) is 37.3 Å². The number of benzene rings is 1. The molecule has 0 spiro atoms. The number of sulfone groups is 1. The lowest BCUT2D eigenvalue weighted by atomic mass is 10.1. The van der Waals surface area contributed by atoms with Crippen LogP contribution in [0.3, 0.4) is 0 Å². The first-order valence-electron chi connectivity index (χ1n) is 8.97. The van der Waals surface area contributed by atoms with Gasteiger partial charge in [0, 0.05) is 16.8 Å². The average Bonchev–Trinajstić information content (AvgIpc) is 3.22. The lowest BCUT2D eigenvalue weighted by Crippen LogP contribution is -2.29. The third-order valence-corrected chi connectivity index (χ3v) is 6.04. The van der Waals surface area contributed by atoms with Crippen molar-refractivity contribution in [1.29, 1.82) is 0 Å². The summed E-state index contributed by atoms with van der Waals surface area (Å²) in [4.78, 5) is 19.0. The molecule has 0 aliphatic rings. The van der Waals surface area contributed by atoms with Crippen LogP contribution in [0.25, 0.3) is 5.82 Å². The average molecular weight is 562 g/mol. The van der Waals surface area contributed by atoms with Crippen LogP contribution in [0.1, 0.15) is 34.7 Å². The number of rotatable bonds is 5. The van der Waals surface area contributed by atoms with Crippen LogP contribution in [0.4, 0.5) is 26.3 Å². The van der Waals surface area contributed by atoms with E-state index in [4.69, 9.17) is 11.6 Å². The fourth-order valence-corrected chi connectivity index (χ4v) is 3.68. The van der Waals surface area contributed by atoms with Gasteiger partial charge in [-0.15, -0.1) is 0 Å². The number of hydrogen-bond acceptors (Lipinski definition) is 6. The second-order valence-electron chi connectivity index (χ2n) is 6.75. The molecule has 0 aliphatic heterocycles.